The van der Waals surface area contributed by atoms with E-state index in [-0.39, 0.29) is 67.9 Å². The van der Waals surface area contributed by atoms with Crippen LogP contribution < -0.4 is 0 Å². The number of hydrogen-bond donors (Lipinski definition) is 2. The van der Waals surface area contributed by atoms with Crippen LogP contribution in [-0.4, -0.2) is 21.8 Å². The molecule has 1 aliphatic carbocycles. The summed E-state index contributed by atoms with van der Waals surface area (Å²) in [4.78, 5) is 23.8. The maximum absolute atomic E-state index is 11.9. The van der Waals surface area contributed by atoms with Crippen LogP contribution in [0.3, 0.4) is 0 Å². The van der Waals surface area contributed by atoms with Crippen LogP contribution in [0.1, 0.15) is 33.6 Å². The Labute approximate surface area is 123 Å². The first-order chi connectivity index (χ1) is 9.41. The van der Waals surface area contributed by atoms with E-state index >= 15 is 0 Å². The van der Waals surface area contributed by atoms with E-state index in [1.54, 1.807) is 0 Å². The average Bonchev–Trinajstić information content (AvgIpc) is 2.41. The molecule has 4 nitrogen and oxygen atoms in total. The number of rotatable bonds is 0. The van der Waals surface area contributed by atoms with Crippen molar-refractivity contribution in [3.8, 4) is 11.5 Å². The number of carbonyl (C=O) groups is 2. The first-order valence-electron chi connectivity index (χ1n) is 5.85. The summed E-state index contributed by atoms with van der Waals surface area (Å²) in [6, 6.07) is 2.72. The molecule has 102 valence electrons. The van der Waals surface area contributed by atoms with Crippen molar-refractivity contribution in [1.29, 1.82) is 0 Å². The second kappa shape index (κ2) is 4.36. The molecule has 0 saturated carbocycles. The van der Waals surface area contributed by atoms with Gasteiger partial charge < -0.3 is 10.2 Å². The van der Waals surface area contributed by atoms with Gasteiger partial charge in [-0.3, -0.25) is 9.59 Å². The summed E-state index contributed by atoms with van der Waals surface area (Å²) >= 11 is 11.8. The fourth-order valence-corrected chi connectivity index (χ4v) is 2.79. The lowest BCUT2D eigenvalue weighted by Gasteiger charge is -2.19. The summed E-state index contributed by atoms with van der Waals surface area (Å²) in [5.74, 6) is -1.44. The van der Waals surface area contributed by atoms with Crippen LogP contribution in [0.2, 0.25) is 10.0 Å². The smallest absolute Gasteiger partial charge is 0.167 e. The Bertz CT molecular complexity index is 729. The Kier molecular flexibility index (Phi) is 2.88. The quantitative estimate of drug-likeness (QED) is 0.727. The fraction of sp³-hybridized carbons (Fsp3) is 0.143. The number of fused-ring (bicyclic) bond motifs is 2. The second-order valence-corrected chi connectivity index (χ2v) is 5.42. The lowest BCUT2D eigenvalue weighted by Crippen LogP contribution is -2.17. The zero-order valence-corrected chi connectivity index (χ0v) is 11.5. The lowest BCUT2D eigenvalue weighted by atomic mass is 9.85. The molecule has 2 N–H and O–H groups in total. The first kappa shape index (κ1) is 13.2. The molecule has 0 amide bonds. The fourth-order valence-electron chi connectivity index (χ4n) is 2.46. The molecule has 2 aromatic carbocycles. The number of benzene rings is 2. The molecule has 0 heterocycles. The number of carbonyl (C=O) groups excluding carboxylic acids is 2. The maximum atomic E-state index is 11.9. The molecule has 2 aromatic rings. The van der Waals surface area contributed by atoms with Crippen molar-refractivity contribution >= 4 is 45.5 Å². The number of phenols is 2. The molecule has 0 aromatic heterocycles. The largest absolute Gasteiger partial charge is 0.507 e. The summed E-state index contributed by atoms with van der Waals surface area (Å²) < 4.78 is 0. The van der Waals surface area contributed by atoms with E-state index in [1.165, 1.54) is 12.1 Å². The molecule has 20 heavy (non-hydrogen) atoms. The van der Waals surface area contributed by atoms with E-state index in [0.29, 0.717) is 0 Å². The van der Waals surface area contributed by atoms with Crippen molar-refractivity contribution in [3.63, 3.8) is 0 Å². The highest BCUT2D eigenvalue weighted by Crippen LogP contribution is 2.45. The van der Waals surface area contributed by atoms with Gasteiger partial charge in [-0.15, -0.1) is 0 Å². The highest BCUT2D eigenvalue weighted by molar-refractivity contribution is 6.43. The Balaban J connectivity index is 2.54. The zero-order valence-electron chi connectivity index (χ0n) is 10.0. The third-order valence-electron chi connectivity index (χ3n) is 3.43. The highest BCUT2D eigenvalue weighted by atomic mass is 35.5. The lowest BCUT2D eigenvalue weighted by molar-refractivity contribution is 0.0885. The third-order valence-corrected chi connectivity index (χ3v) is 4.15. The molecular formula is C14H8Cl2O4. The van der Waals surface area contributed by atoms with Gasteiger partial charge in [0.25, 0.3) is 0 Å². The van der Waals surface area contributed by atoms with Crippen molar-refractivity contribution in [1.82, 2.24) is 0 Å². The Morgan fingerprint density at radius 1 is 0.800 bits per heavy atom. The van der Waals surface area contributed by atoms with Crippen LogP contribution in [0, 0.1) is 0 Å². The summed E-state index contributed by atoms with van der Waals surface area (Å²) in [6.45, 7) is 0. The third kappa shape index (κ3) is 1.69. The molecule has 0 fully saturated rings. The molecule has 0 aliphatic heterocycles. The number of hydrogen-bond acceptors (Lipinski definition) is 4. The number of Topliss-reactive ketones (excluding diaryl/α,β-unsaturated/α-hetero) is 2. The number of halogens is 2. The van der Waals surface area contributed by atoms with Crippen LogP contribution in [-0.2, 0) is 0 Å². The minimum absolute atomic E-state index is 0.0195. The number of ketones is 2. The number of aromatic hydroxyl groups is 2. The molecule has 0 radical (unpaired) electrons. The van der Waals surface area contributed by atoms with E-state index in [4.69, 9.17) is 23.2 Å². The predicted octanol–water partition coefficient (Wildman–Crippen LogP) is 3.72. The topological polar surface area (TPSA) is 74.6 Å². The van der Waals surface area contributed by atoms with Crippen LogP contribution in [0.5, 0.6) is 11.5 Å². The van der Waals surface area contributed by atoms with Gasteiger partial charge >= 0.3 is 0 Å². The molecule has 3 rings (SSSR count). The molecule has 0 atom stereocenters. The van der Waals surface area contributed by atoms with Crippen LogP contribution in [0.4, 0.5) is 0 Å². The summed E-state index contributed by atoms with van der Waals surface area (Å²) in [5.41, 5.74) is -0.269. The minimum atomic E-state index is -0.375. The molecule has 1 aliphatic rings. The zero-order chi connectivity index (χ0) is 14.6. The van der Waals surface area contributed by atoms with Crippen molar-refractivity contribution in [3.05, 3.63) is 33.3 Å². The molecule has 6 heteroatoms. The van der Waals surface area contributed by atoms with Gasteiger partial charge in [0.15, 0.2) is 11.6 Å². The molecule has 0 saturated heterocycles. The maximum Gasteiger partial charge on any atom is 0.167 e. The van der Waals surface area contributed by atoms with E-state index in [0.717, 1.165) is 0 Å². The van der Waals surface area contributed by atoms with Gasteiger partial charge in [0.1, 0.15) is 11.5 Å². The van der Waals surface area contributed by atoms with Gasteiger partial charge in [-0.1, -0.05) is 23.2 Å². The van der Waals surface area contributed by atoms with Crippen molar-refractivity contribution in [2.75, 3.05) is 0 Å². The number of phenolic OH excluding ortho intramolecular Hbond substituents is 2. The SMILES string of the molecule is O=C1CCC(=O)c2c1c(O)c1cc(Cl)c(Cl)cc1c2O. The predicted molar refractivity (Wildman–Crippen MR) is 75.2 cm³/mol. The van der Waals surface area contributed by atoms with Gasteiger partial charge in [-0.25, -0.2) is 0 Å². The Hall–Kier alpha value is -1.78. The van der Waals surface area contributed by atoms with Gasteiger partial charge in [-0.05, 0) is 12.1 Å². The van der Waals surface area contributed by atoms with Crippen molar-refractivity contribution in [2.24, 2.45) is 0 Å². The standard InChI is InChI=1S/C14H8Cl2O4/c15-7-3-5-6(4-8(7)16)14(20)12-10(18)2-1-9(17)11(12)13(5)19/h3-4,19-20H,1-2H2. The van der Waals surface area contributed by atoms with E-state index in [2.05, 4.69) is 0 Å². The molecular weight excluding hydrogens is 303 g/mol. The van der Waals surface area contributed by atoms with E-state index < -0.39 is 0 Å². The van der Waals surface area contributed by atoms with Crippen molar-refractivity contribution < 1.29 is 19.8 Å². The summed E-state index contributed by atoms with van der Waals surface area (Å²) in [6.07, 6.45) is 0.0390. The van der Waals surface area contributed by atoms with Gasteiger partial charge in [0.05, 0.1) is 21.2 Å². The molecule has 0 unspecified atom stereocenters. The van der Waals surface area contributed by atoms with Gasteiger partial charge in [0, 0.05) is 23.6 Å². The minimum Gasteiger partial charge on any atom is -0.507 e. The normalized spacial score (nSPS) is 14.7. The Morgan fingerprint density at radius 3 is 1.50 bits per heavy atom. The highest BCUT2D eigenvalue weighted by Gasteiger charge is 2.32. The summed E-state index contributed by atoms with van der Waals surface area (Å²) in [7, 11) is 0. The monoisotopic (exact) mass is 310 g/mol. The summed E-state index contributed by atoms with van der Waals surface area (Å²) in [5, 5.41) is 21.2. The van der Waals surface area contributed by atoms with E-state index in [1.807, 2.05) is 0 Å². The van der Waals surface area contributed by atoms with Crippen molar-refractivity contribution in [2.45, 2.75) is 12.8 Å². The van der Waals surface area contributed by atoms with Crippen LogP contribution >= 0.6 is 23.2 Å². The van der Waals surface area contributed by atoms with Gasteiger partial charge in [0.2, 0.25) is 0 Å². The Morgan fingerprint density at radius 2 is 1.15 bits per heavy atom. The average molecular weight is 311 g/mol. The molecule has 0 spiro atoms. The van der Waals surface area contributed by atoms with Gasteiger partial charge in [-0.2, -0.15) is 0 Å². The van der Waals surface area contributed by atoms with E-state index in [9.17, 15) is 19.8 Å². The second-order valence-electron chi connectivity index (χ2n) is 4.61. The molecule has 0 bridgehead atoms. The van der Waals surface area contributed by atoms with Crippen LogP contribution in [0.25, 0.3) is 10.8 Å². The first-order valence-corrected chi connectivity index (χ1v) is 6.60. The van der Waals surface area contributed by atoms with Crippen LogP contribution in [0.15, 0.2) is 12.1 Å².